The van der Waals surface area contributed by atoms with Crippen LogP contribution < -0.4 is 16.1 Å². The Labute approximate surface area is 186 Å². The van der Waals surface area contributed by atoms with E-state index in [1.165, 1.54) is 19.4 Å². The molecule has 3 heterocycles. The summed E-state index contributed by atoms with van der Waals surface area (Å²) in [7, 11) is 1.44. The fraction of sp³-hybridized carbons (Fsp3) is 0.524. The number of piperidine rings is 1. The van der Waals surface area contributed by atoms with Crippen molar-refractivity contribution in [2.45, 2.75) is 43.2 Å². The molecule has 2 aromatic rings. The largest absolute Gasteiger partial charge is 0.394 e. The van der Waals surface area contributed by atoms with Crippen LogP contribution in [0.3, 0.4) is 0 Å². The van der Waals surface area contributed by atoms with Crippen molar-refractivity contribution in [2.75, 3.05) is 31.7 Å². The van der Waals surface area contributed by atoms with Crippen LogP contribution >= 0.6 is 0 Å². The predicted octanol–water partition coefficient (Wildman–Crippen LogP) is 0.0937. The molecule has 2 saturated heterocycles. The third kappa shape index (κ3) is 4.57. The van der Waals surface area contributed by atoms with Crippen LogP contribution in [0.5, 0.6) is 0 Å². The van der Waals surface area contributed by atoms with Crippen molar-refractivity contribution in [3.63, 3.8) is 0 Å². The molecule has 0 spiro atoms. The van der Waals surface area contributed by atoms with E-state index in [0.717, 1.165) is 22.8 Å². The number of halogens is 2. The zero-order valence-electron chi connectivity index (χ0n) is 17.8. The number of rotatable bonds is 6. The van der Waals surface area contributed by atoms with E-state index in [2.05, 4.69) is 4.98 Å². The minimum absolute atomic E-state index is 0.308. The molecule has 1 aromatic heterocycles. The van der Waals surface area contributed by atoms with Gasteiger partial charge < -0.3 is 29.3 Å². The third-order valence-corrected chi connectivity index (χ3v) is 6.13. The monoisotopic (exact) mass is 469 g/mol. The van der Waals surface area contributed by atoms with Gasteiger partial charge in [0.1, 0.15) is 18.3 Å². The molecule has 2 fully saturated rings. The maximum Gasteiger partial charge on any atom is 0.330 e. The molecule has 0 unspecified atom stereocenters. The summed E-state index contributed by atoms with van der Waals surface area (Å²) in [4.78, 5) is 27.7. The van der Waals surface area contributed by atoms with Crippen molar-refractivity contribution < 1.29 is 33.2 Å². The zero-order valence-corrected chi connectivity index (χ0v) is 17.8. The van der Waals surface area contributed by atoms with E-state index in [0.29, 0.717) is 31.6 Å². The Morgan fingerprint density at radius 1 is 1.21 bits per heavy atom. The van der Waals surface area contributed by atoms with Gasteiger partial charge in [-0.15, -0.1) is 0 Å². The number of hydrogen-bond acceptors (Lipinski definition) is 8. The van der Waals surface area contributed by atoms with Crippen LogP contribution in [0.4, 0.5) is 14.5 Å². The summed E-state index contributed by atoms with van der Waals surface area (Å²) in [6, 6.07) is 4.80. The molecule has 1 aromatic carbocycles. The van der Waals surface area contributed by atoms with E-state index in [9.17, 15) is 28.6 Å². The summed E-state index contributed by atoms with van der Waals surface area (Å²) in [5.41, 5.74) is -0.837. The van der Waals surface area contributed by atoms with Crippen LogP contribution in [0.1, 0.15) is 19.1 Å². The first-order chi connectivity index (χ1) is 15.8. The zero-order chi connectivity index (χ0) is 23.8. The fourth-order valence-corrected chi connectivity index (χ4v) is 4.25. The van der Waals surface area contributed by atoms with Gasteiger partial charge in [-0.3, -0.25) is 14.3 Å². The first-order valence-corrected chi connectivity index (χ1v) is 10.5. The number of ether oxygens (including phenoxy) is 3. The Balaban J connectivity index is 1.54. The van der Waals surface area contributed by atoms with Crippen LogP contribution in [0.15, 0.2) is 40.1 Å². The number of aliphatic hydroxyl groups excluding tert-OH is 2. The normalized spacial score (nSPS) is 27.1. The van der Waals surface area contributed by atoms with Crippen molar-refractivity contribution in [3.8, 4) is 0 Å². The molecule has 0 aliphatic carbocycles. The Morgan fingerprint density at radius 3 is 2.55 bits per heavy atom. The number of H-pyrrole nitrogens is 1. The number of aliphatic hydroxyl groups is 2. The number of anilines is 1. The van der Waals surface area contributed by atoms with E-state index in [-0.39, 0.29) is 0 Å². The van der Waals surface area contributed by atoms with Gasteiger partial charge in [0, 0.05) is 57.1 Å². The Morgan fingerprint density at radius 2 is 1.94 bits per heavy atom. The third-order valence-electron chi connectivity index (χ3n) is 6.13. The van der Waals surface area contributed by atoms with Gasteiger partial charge in [-0.2, -0.15) is 0 Å². The highest BCUT2D eigenvalue weighted by atomic mass is 19.2. The predicted molar refractivity (Wildman–Crippen MR) is 111 cm³/mol. The number of hydrogen-bond donors (Lipinski definition) is 3. The minimum atomic E-state index is -1.28. The highest BCUT2D eigenvalue weighted by molar-refractivity contribution is 5.47. The lowest BCUT2D eigenvalue weighted by Gasteiger charge is -2.43. The number of nitrogens with zero attached hydrogens (tertiary/aromatic N) is 2. The molecule has 33 heavy (non-hydrogen) atoms. The molecule has 4 atom stereocenters. The standard InChI is InChI=1S/C21H25F2N3O7/c1-31-21(5-8-25(9-6-21)12-2-3-13(22)14(23)10-12)33-18-17(29)15(11-27)32-19(18)26-7-4-16(28)24-20(26)30/h2-4,7,10,15,17-19,27,29H,5-6,8-9,11H2,1H3,(H,24,28,30)/t15-,17-,18-,19-/m1/s1. The molecule has 10 nitrogen and oxygen atoms in total. The van der Waals surface area contributed by atoms with E-state index in [1.54, 1.807) is 0 Å². The van der Waals surface area contributed by atoms with Crippen LogP contribution in [-0.4, -0.2) is 70.7 Å². The van der Waals surface area contributed by atoms with Gasteiger partial charge in [-0.1, -0.05) is 0 Å². The smallest absolute Gasteiger partial charge is 0.330 e. The molecular weight excluding hydrogens is 444 g/mol. The molecule has 180 valence electrons. The summed E-state index contributed by atoms with van der Waals surface area (Å²) in [5, 5.41) is 20.3. The molecule has 2 aliphatic heterocycles. The number of aromatic amines is 1. The fourth-order valence-electron chi connectivity index (χ4n) is 4.25. The summed E-state index contributed by atoms with van der Waals surface area (Å²) in [6.45, 7) is 0.254. The lowest BCUT2D eigenvalue weighted by molar-refractivity contribution is -0.276. The highest BCUT2D eigenvalue weighted by Crippen LogP contribution is 2.38. The number of nitrogens with one attached hydrogen (secondary N) is 1. The van der Waals surface area contributed by atoms with Gasteiger partial charge in [0.05, 0.1) is 6.61 Å². The van der Waals surface area contributed by atoms with Gasteiger partial charge >= 0.3 is 5.69 Å². The van der Waals surface area contributed by atoms with Crippen molar-refractivity contribution in [1.82, 2.24) is 9.55 Å². The quantitative estimate of drug-likeness (QED) is 0.509. The molecule has 4 rings (SSSR count). The Bertz CT molecular complexity index is 1100. The van der Waals surface area contributed by atoms with Crippen molar-refractivity contribution in [1.29, 1.82) is 0 Å². The number of methoxy groups -OCH3 is 1. The molecule has 3 N–H and O–H groups in total. The van der Waals surface area contributed by atoms with E-state index in [1.807, 2.05) is 4.90 Å². The van der Waals surface area contributed by atoms with E-state index < -0.39 is 59.8 Å². The Kier molecular flexibility index (Phi) is 6.64. The SMILES string of the molecule is COC1(O[C@@H]2[C@H](O)[C@@H](CO)O[C@H]2n2ccc(=O)[nH]c2=O)CCN(c2ccc(F)c(F)c2)CC1. The maximum absolute atomic E-state index is 13.6. The van der Waals surface area contributed by atoms with Gasteiger partial charge in [0.25, 0.3) is 5.56 Å². The summed E-state index contributed by atoms with van der Waals surface area (Å²) < 4.78 is 45.5. The van der Waals surface area contributed by atoms with Gasteiger partial charge in [0.2, 0.25) is 0 Å². The van der Waals surface area contributed by atoms with Gasteiger partial charge in [-0.25, -0.2) is 13.6 Å². The first kappa shape index (κ1) is 23.5. The van der Waals surface area contributed by atoms with Crippen LogP contribution in [0, 0.1) is 11.6 Å². The summed E-state index contributed by atoms with van der Waals surface area (Å²) >= 11 is 0. The summed E-state index contributed by atoms with van der Waals surface area (Å²) in [5.74, 6) is -3.04. The Hall–Kier alpha value is -2.64. The average molecular weight is 469 g/mol. The molecule has 12 heteroatoms. The molecule has 0 saturated carbocycles. The molecular formula is C21H25F2N3O7. The average Bonchev–Trinajstić information content (AvgIpc) is 3.11. The van der Waals surface area contributed by atoms with Gasteiger partial charge in [-0.05, 0) is 12.1 Å². The second kappa shape index (κ2) is 9.31. The highest BCUT2D eigenvalue weighted by Gasteiger charge is 2.50. The minimum Gasteiger partial charge on any atom is -0.394 e. The first-order valence-electron chi connectivity index (χ1n) is 10.5. The molecule has 2 aliphatic rings. The molecule has 0 bridgehead atoms. The van der Waals surface area contributed by atoms with Crippen molar-refractivity contribution >= 4 is 5.69 Å². The van der Waals surface area contributed by atoms with E-state index in [4.69, 9.17) is 14.2 Å². The molecule has 0 amide bonds. The number of aromatic nitrogens is 2. The second-order valence-electron chi connectivity index (χ2n) is 8.04. The maximum atomic E-state index is 13.6. The van der Waals surface area contributed by atoms with Gasteiger partial charge in [0.15, 0.2) is 23.6 Å². The lowest BCUT2D eigenvalue weighted by Crippen LogP contribution is -2.52. The topological polar surface area (TPSA) is 126 Å². The van der Waals surface area contributed by atoms with E-state index >= 15 is 0 Å². The lowest BCUT2D eigenvalue weighted by atomic mass is 10.0. The van der Waals surface area contributed by atoms with Crippen molar-refractivity contribution in [2.24, 2.45) is 0 Å². The van der Waals surface area contributed by atoms with Crippen LogP contribution in [0.25, 0.3) is 0 Å². The summed E-state index contributed by atoms with van der Waals surface area (Å²) in [6.07, 6.45) is -2.69. The number of benzene rings is 1. The van der Waals surface area contributed by atoms with Crippen LogP contribution in [0.2, 0.25) is 0 Å². The second-order valence-corrected chi connectivity index (χ2v) is 8.04. The molecule has 0 radical (unpaired) electrons. The van der Waals surface area contributed by atoms with Crippen LogP contribution in [-0.2, 0) is 14.2 Å². The van der Waals surface area contributed by atoms with Crippen molar-refractivity contribution in [3.05, 3.63) is 62.9 Å².